The zero-order valence-corrected chi connectivity index (χ0v) is 12.9. The fraction of sp³-hybridized carbons (Fsp3) is 0.188. The number of thiophene rings is 1. The van der Waals surface area contributed by atoms with Gasteiger partial charge in [-0.2, -0.15) is 0 Å². The van der Waals surface area contributed by atoms with Gasteiger partial charge in [0.25, 0.3) is 0 Å². The zero-order valence-electron chi connectivity index (χ0n) is 12.1. The van der Waals surface area contributed by atoms with E-state index in [4.69, 9.17) is 9.15 Å². The lowest BCUT2D eigenvalue weighted by atomic mass is 10.1. The summed E-state index contributed by atoms with van der Waals surface area (Å²) in [6, 6.07) is 7.80. The fourth-order valence-electron chi connectivity index (χ4n) is 2.18. The zero-order chi connectivity index (χ0) is 15.4. The van der Waals surface area contributed by atoms with Gasteiger partial charge in [-0.1, -0.05) is 0 Å². The molecule has 0 amide bonds. The van der Waals surface area contributed by atoms with Crippen molar-refractivity contribution in [2.24, 2.45) is 0 Å². The maximum Gasteiger partial charge on any atom is 0.181 e. The van der Waals surface area contributed by atoms with E-state index in [0.29, 0.717) is 12.3 Å². The number of aliphatic hydroxyl groups is 1. The SMILES string of the molecule is COc1cc(CNc2ccc(-c3cnco3)c(CO)c2)cs1. The molecule has 0 radical (unpaired) electrons. The second-order valence-electron chi connectivity index (χ2n) is 4.73. The van der Waals surface area contributed by atoms with Gasteiger partial charge in [-0.05, 0) is 40.8 Å². The lowest BCUT2D eigenvalue weighted by Crippen LogP contribution is -1.99. The molecule has 0 saturated carbocycles. The monoisotopic (exact) mass is 316 g/mol. The van der Waals surface area contributed by atoms with Crippen LogP contribution >= 0.6 is 11.3 Å². The minimum atomic E-state index is -0.0577. The summed E-state index contributed by atoms with van der Waals surface area (Å²) in [5, 5.41) is 15.9. The molecule has 6 heteroatoms. The molecule has 0 unspecified atom stereocenters. The van der Waals surface area contributed by atoms with E-state index in [1.165, 1.54) is 6.39 Å². The highest BCUT2D eigenvalue weighted by molar-refractivity contribution is 7.12. The van der Waals surface area contributed by atoms with Crippen LogP contribution < -0.4 is 10.1 Å². The Hall–Kier alpha value is -2.31. The van der Waals surface area contributed by atoms with Crippen molar-refractivity contribution in [1.82, 2.24) is 4.98 Å². The summed E-state index contributed by atoms with van der Waals surface area (Å²) in [5.41, 5.74) is 3.75. The molecule has 22 heavy (non-hydrogen) atoms. The van der Waals surface area contributed by atoms with Gasteiger partial charge >= 0.3 is 0 Å². The summed E-state index contributed by atoms with van der Waals surface area (Å²) in [6.45, 7) is 0.643. The van der Waals surface area contributed by atoms with Crippen molar-refractivity contribution >= 4 is 17.0 Å². The molecule has 0 aliphatic carbocycles. The molecule has 0 fully saturated rings. The molecule has 3 aromatic rings. The molecule has 0 saturated heterocycles. The van der Waals surface area contributed by atoms with Crippen LogP contribution in [0.5, 0.6) is 5.06 Å². The highest BCUT2D eigenvalue weighted by Gasteiger charge is 2.09. The lowest BCUT2D eigenvalue weighted by Gasteiger charge is -2.10. The van der Waals surface area contributed by atoms with E-state index >= 15 is 0 Å². The normalized spacial score (nSPS) is 10.6. The molecule has 0 bridgehead atoms. The average molecular weight is 316 g/mol. The molecule has 0 aliphatic heterocycles. The Balaban J connectivity index is 1.74. The fourth-order valence-corrected chi connectivity index (χ4v) is 2.92. The number of oxazole rings is 1. The number of anilines is 1. The first-order valence-electron chi connectivity index (χ1n) is 6.78. The van der Waals surface area contributed by atoms with Crippen LogP contribution in [0.4, 0.5) is 5.69 Å². The van der Waals surface area contributed by atoms with Gasteiger partial charge in [0.15, 0.2) is 17.2 Å². The number of benzene rings is 1. The summed E-state index contributed by atoms with van der Waals surface area (Å²) in [5.74, 6) is 0.651. The van der Waals surface area contributed by atoms with E-state index in [1.54, 1.807) is 24.6 Å². The third kappa shape index (κ3) is 3.13. The van der Waals surface area contributed by atoms with Crippen LogP contribution in [0.2, 0.25) is 0 Å². The molecule has 2 aromatic heterocycles. The van der Waals surface area contributed by atoms with Crippen LogP contribution in [0.1, 0.15) is 11.1 Å². The van der Waals surface area contributed by atoms with Crippen LogP contribution in [0.3, 0.4) is 0 Å². The molecule has 1 aromatic carbocycles. The van der Waals surface area contributed by atoms with Crippen molar-refractivity contribution in [1.29, 1.82) is 0 Å². The second kappa shape index (κ2) is 6.64. The first kappa shape index (κ1) is 14.6. The number of hydrogen-bond donors (Lipinski definition) is 2. The second-order valence-corrected chi connectivity index (χ2v) is 5.60. The van der Waals surface area contributed by atoms with Gasteiger partial charge in [-0.15, -0.1) is 11.3 Å². The molecule has 3 rings (SSSR count). The lowest BCUT2D eigenvalue weighted by molar-refractivity contribution is 0.282. The maximum absolute atomic E-state index is 9.56. The van der Waals surface area contributed by atoms with E-state index in [1.807, 2.05) is 24.3 Å². The largest absolute Gasteiger partial charge is 0.487 e. The standard InChI is InChI=1S/C16H16N2O3S/c1-20-16-4-11(9-22-16)6-18-13-2-3-14(12(5-13)8-19)15-7-17-10-21-15/h2-5,7,9-10,18-19H,6,8H2,1H3. The summed E-state index contributed by atoms with van der Waals surface area (Å²) in [6.07, 6.45) is 3.02. The van der Waals surface area contributed by atoms with Crippen molar-refractivity contribution < 1.29 is 14.3 Å². The number of rotatable bonds is 6. The smallest absolute Gasteiger partial charge is 0.181 e. The topological polar surface area (TPSA) is 67.5 Å². The van der Waals surface area contributed by atoms with Crippen LogP contribution in [-0.2, 0) is 13.2 Å². The van der Waals surface area contributed by atoms with Gasteiger partial charge < -0.3 is 19.6 Å². The third-order valence-corrected chi connectivity index (χ3v) is 4.24. The first-order valence-corrected chi connectivity index (χ1v) is 7.66. The summed E-state index contributed by atoms with van der Waals surface area (Å²) < 4.78 is 10.5. The molecule has 2 heterocycles. The minimum Gasteiger partial charge on any atom is -0.487 e. The number of hydrogen-bond acceptors (Lipinski definition) is 6. The minimum absolute atomic E-state index is 0.0577. The first-order chi connectivity index (χ1) is 10.8. The molecule has 114 valence electrons. The van der Waals surface area contributed by atoms with Crippen LogP contribution in [0.15, 0.2) is 46.7 Å². The van der Waals surface area contributed by atoms with Crippen molar-refractivity contribution in [2.75, 3.05) is 12.4 Å². The average Bonchev–Trinajstić information content (AvgIpc) is 3.24. The Morgan fingerprint density at radius 3 is 2.95 bits per heavy atom. The number of ether oxygens (including phenoxy) is 1. The van der Waals surface area contributed by atoms with Gasteiger partial charge in [0, 0.05) is 17.8 Å². The van der Waals surface area contributed by atoms with Gasteiger partial charge in [0.2, 0.25) is 0 Å². The van der Waals surface area contributed by atoms with Gasteiger partial charge in [0.05, 0.1) is 19.9 Å². The van der Waals surface area contributed by atoms with E-state index in [0.717, 1.165) is 27.4 Å². The number of aliphatic hydroxyl groups excluding tert-OH is 1. The Morgan fingerprint density at radius 2 is 2.27 bits per heavy atom. The van der Waals surface area contributed by atoms with Gasteiger partial charge in [-0.25, -0.2) is 4.98 Å². The van der Waals surface area contributed by atoms with Crippen molar-refractivity contribution in [3.63, 3.8) is 0 Å². The Kier molecular flexibility index (Phi) is 4.41. The number of nitrogens with one attached hydrogen (secondary N) is 1. The Morgan fingerprint density at radius 1 is 1.36 bits per heavy atom. The maximum atomic E-state index is 9.56. The van der Waals surface area contributed by atoms with Gasteiger partial charge in [0.1, 0.15) is 0 Å². The van der Waals surface area contributed by atoms with Gasteiger partial charge in [-0.3, -0.25) is 0 Å². The molecule has 0 atom stereocenters. The van der Waals surface area contributed by atoms with Crippen LogP contribution in [0, 0.1) is 0 Å². The molecule has 0 spiro atoms. The van der Waals surface area contributed by atoms with E-state index in [9.17, 15) is 5.11 Å². The van der Waals surface area contributed by atoms with E-state index in [2.05, 4.69) is 15.7 Å². The molecular weight excluding hydrogens is 300 g/mol. The summed E-state index contributed by atoms with van der Waals surface area (Å²) in [4.78, 5) is 3.91. The van der Waals surface area contributed by atoms with Crippen molar-refractivity contribution in [3.8, 4) is 16.4 Å². The summed E-state index contributed by atoms with van der Waals surface area (Å²) in [7, 11) is 1.67. The quantitative estimate of drug-likeness (QED) is 0.728. The predicted molar refractivity (Wildman–Crippen MR) is 86.1 cm³/mol. The van der Waals surface area contributed by atoms with Crippen LogP contribution in [0.25, 0.3) is 11.3 Å². The number of aromatic nitrogens is 1. The highest BCUT2D eigenvalue weighted by atomic mass is 32.1. The van der Waals surface area contributed by atoms with Crippen molar-refractivity contribution in [2.45, 2.75) is 13.2 Å². The molecule has 0 aliphatic rings. The number of nitrogens with zero attached hydrogens (tertiary/aromatic N) is 1. The molecular formula is C16H16N2O3S. The molecule has 5 nitrogen and oxygen atoms in total. The highest BCUT2D eigenvalue weighted by Crippen LogP contribution is 2.27. The van der Waals surface area contributed by atoms with Crippen molar-refractivity contribution in [3.05, 3.63) is 53.4 Å². The van der Waals surface area contributed by atoms with Crippen LogP contribution in [-0.4, -0.2) is 17.2 Å². The Bertz CT molecular complexity index is 738. The van der Waals surface area contributed by atoms with E-state index in [-0.39, 0.29) is 6.61 Å². The third-order valence-electron chi connectivity index (χ3n) is 3.30. The number of methoxy groups -OCH3 is 1. The Labute approximate surface area is 132 Å². The van der Waals surface area contributed by atoms with E-state index < -0.39 is 0 Å². The molecule has 2 N–H and O–H groups in total. The predicted octanol–water partition coefficient (Wildman–Crippen LogP) is 3.52. The summed E-state index contributed by atoms with van der Waals surface area (Å²) >= 11 is 1.57.